The molecule has 0 aromatic heterocycles. The van der Waals surface area contributed by atoms with Crippen molar-refractivity contribution >= 4 is 0 Å². The summed E-state index contributed by atoms with van der Waals surface area (Å²) >= 11 is 0. The van der Waals surface area contributed by atoms with Gasteiger partial charge in [-0.25, -0.2) is 0 Å². The predicted molar refractivity (Wildman–Crippen MR) is 76.2 cm³/mol. The third-order valence-corrected chi connectivity index (χ3v) is 3.39. The average molecular weight is 240 g/mol. The quantitative estimate of drug-likeness (QED) is 0.751. The van der Waals surface area contributed by atoms with Crippen LogP contribution in [0.3, 0.4) is 0 Å². The van der Waals surface area contributed by atoms with E-state index in [0.29, 0.717) is 5.92 Å². The molecular weight excluding hydrogens is 220 g/mol. The second kappa shape index (κ2) is 6.25. The van der Waals surface area contributed by atoms with Crippen molar-refractivity contribution < 1.29 is 4.74 Å². The van der Waals surface area contributed by atoms with E-state index in [2.05, 4.69) is 49.4 Å². The number of hydrogen-bond acceptors (Lipinski definition) is 1. The Bertz CT molecular complexity index is 459. The molecule has 0 fully saturated rings. The number of benzene rings is 2. The smallest absolute Gasteiger partial charge is 0.118 e. The molecule has 0 aliphatic rings. The van der Waals surface area contributed by atoms with Crippen LogP contribution >= 0.6 is 0 Å². The fourth-order valence-electron chi connectivity index (χ4n) is 2.13. The topological polar surface area (TPSA) is 9.23 Å². The van der Waals surface area contributed by atoms with Crippen LogP contribution in [0.5, 0.6) is 5.75 Å². The van der Waals surface area contributed by atoms with Gasteiger partial charge in [0.05, 0.1) is 7.11 Å². The fraction of sp³-hybridized carbons (Fsp3) is 0.294. The first kappa shape index (κ1) is 12.7. The van der Waals surface area contributed by atoms with Crippen molar-refractivity contribution in [2.45, 2.75) is 25.7 Å². The lowest BCUT2D eigenvalue weighted by molar-refractivity contribution is 0.414. The highest BCUT2D eigenvalue weighted by molar-refractivity contribution is 5.29. The first-order valence-electron chi connectivity index (χ1n) is 6.47. The molecule has 0 bridgehead atoms. The van der Waals surface area contributed by atoms with E-state index in [1.807, 2.05) is 12.1 Å². The molecule has 18 heavy (non-hydrogen) atoms. The summed E-state index contributed by atoms with van der Waals surface area (Å²) in [6.45, 7) is 2.28. The van der Waals surface area contributed by atoms with E-state index in [0.717, 1.165) is 12.2 Å². The van der Waals surface area contributed by atoms with Gasteiger partial charge in [-0.15, -0.1) is 0 Å². The maximum atomic E-state index is 5.18. The summed E-state index contributed by atoms with van der Waals surface area (Å²) in [4.78, 5) is 0. The molecule has 94 valence electrons. The molecule has 1 atom stereocenters. The largest absolute Gasteiger partial charge is 0.497 e. The van der Waals surface area contributed by atoms with Gasteiger partial charge >= 0.3 is 0 Å². The molecule has 2 rings (SSSR count). The Morgan fingerprint density at radius 3 is 2.22 bits per heavy atom. The minimum Gasteiger partial charge on any atom is -0.497 e. The van der Waals surface area contributed by atoms with Gasteiger partial charge in [0.25, 0.3) is 0 Å². The molecule has 1 nitrogen and oxygen atoms in total. The van der Waals surface area contributed by atoms with E-state index in [-0.39, 0.29) is 0 Å². The Morgan fingerprint density at radius 1 is 0.944 bits per heavy atom. The van der Waals surface area contributed by atoms with Crippen molar-refractivity contribution in [3.63, 3.8) is 0 Å². The molecule has 0 saturated heterocycles. The van der Waals surface area contributed by atoms with Crippen LogP contribution in [0.2, 0.25) is 0 Å². The van der Waals surface area contributed by atoms with Crippen LogP contribution in [0.4, 0.5) is 0 Å². The molecule has 0 amide bonds. The summed E-state index contributed by atoms with van der Waals surface area (Å²) < 4.78 is 5.18. The molecule has 0 N–H and O–H groups in total. The highest BCUT2D eigenvalue weighted by atomic mass is 16.5. The lowest BCUT2D eigenvalue weighted by Gasteiger charge is -2.12. The summed E-state index contributed by atoms with van der Waals surface area (Å²) in [6.07, 6.45) is 2.31. The molecule has 0 unspecified atom stereocenters. The normalized spacial score (nSPS) is 12.1. The lowest BCUT2D eigenvalue weighted by atomic mass is 9.94. The summed E-state index contributed by atoms with van der Waals surface area (Å²) in [6, 6.07) is 19.1. The molecule has 0 saturated carbocycles. The fourth-order valence-corrected chi connectivity index (χ4v) is 2.13. The van der Waals surface area contributed by atoms with E-state index in [9.17, 15) is 0 Å². The summed E-state index contributed by atoms with van der Waals surface area (Å²) in [5.74, 6) is 1.50. The molecule has 0 aliphatic heterocycles. The van der Waals surface area contributed by atoms with Crippen molar-refractivity contribution in [3.05, 3.63) is 65.7 Å². The van der Waals surface area contributed by atoms with Gasteiger partial charge in [0.1, 0.15) is 5.75 Å². The van der Waals surface area contributed by atoms with E-state index >= 15 is 0 Å². The Labute approximate surface area is 109 Å². The number of rotatable bonds is 5. The molecular formula is C17H20O. The minimum absolute atomic E-state index is 0.580. The monoisotopic (exact) mass is 240 g/mol. The molecule has 2 aromatic carbocycles. The molecule has 0 aliphatic carbocycles. The third kappa shape index (κ3) is 3.36. The summed E-state index contributed by atoms with van der Waals surface area (Å²) in [5.41, 5.74) is 2.80. The van der Waals surface area contributed by atoms with Gasteiger partial charge in [0.15, 0.2) is 0 Å². The van der Waals surface area contributed by atoms with Crippen LogP contribution in [0.25, 0.3) is 0 Å². The second-order valence-corrected chi connectivity index (χ2v) is 4.70. The van der Waals surface area contributed by atoms with Crippen molar-refractivity contribution in [2.24, 2.45) is 0 Å². The first-order valence-corrected chi connectivity index (χ1v) is 6.47. The second-order valence-electron chi connectivity index (χ2n) is 4.70. The van der Waals surface area contributed by atoms with Gasteiger partial charge < -0.3 is 4.74 Å². The van der Waals surface area contributed by atoms with Crippen LogP contribution in [-0.2, 0) is 6.42 Å². The number of methoxy groups -OCH3 is 1. The number of aryl methyl sites for hydroxylation is 1. The zero-order chi connectivity index (χ0) is 12.8. The Morgan fingerprint density at radius 2 is 1.61 bits per heavy atom. The van der Waals surface area contributed by atoms with Gasteiger partial charge in [-0.2, -0.15) is 0 Å². The predicted octanol–water partition coefficient (Wildman–Crippen LogP) is 4.43. The van der Waals surface area contributed by atoms with Gasteiger partial charge in [0.2, 0.25) is 0 Å². The SMILES string of the molecule is COc1ccc([C@@H](C)CCc2ccccc2)cc1. The Balaban J connectivity index is 1.93. The maximum absolute atomic E-state index is 5.18. The van der Waals surface area contributed by atoms with Crippen molar-refractivity contribution in [1.82, 2.24) is 0 Å². The average Bonchev–Trinajstić information content (AvgIpc) is 2.46. The standard InChI is InChI=1S/C17H20O/c1-14(8-9-15-6-4-3-5-7-15)16-10-12-17(18-2)13-11-16/h3-7,10-14H,8-9H2,1-2H3/t14-/m0/s1. The lowest BCUT2D eigenvalue weighted by Crippen LogP contribution is -1.96. The Hall–Kier alpha value is -1.76. The molecule has 0 spiro atoms. The molecule has 2 aromatic rings. The van der Waals surface area contributed by atoms with E-state index in [1.165, 1.54) is 17.5 Å². The van der Waals surface area contributed by atoms with Crippen LogP contribution in [-0.4, -0.2) is 7.11 Å². The minimum atomic E-state index is 0.580. The van der Waals surface area contributed by atoms with Crippen LogP contribution in [0, 0.1) is 0 Å². The van der Waals surface area contributed by atoms with E-state index in [1.54, 1.807) is 7.11 Å². The van der Waals surface area contributed by atoms with Gasteiger partial charge in [-0.1, -0.05) is 49.4 Å². The van der Waals surface area contributed by atoms with Crippen molar-refractivity contribution in [1.29, 1.82) is 0 Å². The zero-order valence-corrected chi connectivity index (χ0v) is 11.1. The number of hydrogen-bond donors (Lipinski definition) is 0. The highest BCUT2D eigenvalue weighted by Crippen LogP contribution is 2.23. The third-order valence-electron chi connectivity index (χ3n) is 3.39. The molecule has 0 radical (unpaired) electrons. The van der Waals surface area contributed by atoms with Crippen molar-refractivity contribution in [3.8, 4) is 5.75 Å². The van der Waals surface area contributed by atoms with Crippen LogP contribution < -0.4 is 4.74 Å². The summed E-state index contributed by atoms with van der Waals surface area (Å²) in [7, 11) is 1.70. The van der Waals surface area contributed by atoms with Gasteiger partial charge in [-0.3, -0.25) is 0 Å². The molecule has 1 heteroatoms. The number of ether oxygens (including phenoxy) is 1. The maximum Gasteiger partial charge on any atom is 0.118 e. The van der Waals surface area contributed by atoms with E-state index in [4.69, 9.17) is 4.74 Å². The van der Waals surface area contributed by atoms with Crippen LogP contribution in [0.15, 0.2) is 54.6 Å². The van der Waals surface area contributed by atoms with E-state index < -0.39 is 0 Å². The Kier molecular flexibility index (Phi) is 4.40. The highest BCUT2D eigenvalue weighted by Gasteiger charge is 2.05. The van der Waals surface area contributed by atoms with Gasteiger partial charge in [0, 0.05) is 0 Å². The first-order chi connectivity index (χ1) is 8.79. The van der Waals surface area contributed by atoms with Gasteiger partial charge in [-0.05, 0) is 42.0 Å². The van der Waals surface area contributed by atoms with Crippen LogP contribution in [0.1, 0.15) is 30.4 Å². The molecule has 0 heterocycles. The summed E-state index contributed by atoms with van der Waals surface area (Å²) in [5, 5.41) is 0. The zero-order valence-electron chi connectivity index (χ0n) is 11.1. The van der Waals surface area contributed by atoms with Crippen molar-refractivity contribution in [2.75, 3.05) is 7.11 Å².